The smallest absolute Gasteiger partial charge is 0.242 e. The van der Waals surface area contributed by atoms with Gasteiger partial charge in [0.2, 0.25) is 5.91 Å². The minimum absolute atomic E-state index is 0.0960. The van der Waals surface area contributed by atoms with Crippen LogP contribution in [0.1, 0.15) is 35.6 Å². The molecule has 4 rings (SSSR count). The Morgan fingerprint density at radius 2 is 1.76 bits per heavy atom. The van der Waals surface area contributed by atoms with E-state index in [2.05, 4.69) is 50.9 Å². The number of carbonyl (C=O) groups excluding carboxylic acids is 1. The van der Waals surface area contributed by atoms with Gasteiger partial charge in [-0.15, -0.1) is 0 Å². The molecule has 0 saturated carbocycles. The molecule has 0 bridgehead atoms. The van der Waals surface area contributed by atoms with Gasteiger partial charge in [0, 0.05) is 26.7 Å². The van der Waals surface area contributed by atoms with Crippen molar-refractivity contribution < 1.29 is 9.53 Å². The molecule has 0 spiro atoms. The minimum Gasteiger partial charge on any atom is -0.497 e. The van der Waals surface area contributed by atoms with Crippen molar-refractivity contribution in [1.82, 2.24) is 20.4 Å². The first-order chi connectivity index (χ1) is 16.2. The SMILES string of the molecule is CN=C(NCC(=O)N1CCc2ccccc2C1)NCC(c1ccc(OC)cc1)N1CCCC1. The fourth-order valence-corrected chi connectivity index (χ4v) is 4.73. The maximum Gasteiger partial charge on any atom is 0.242 e. The van der Waals surface area contributed by atoms with Crippen molar-refractivity contribution in [2.45, 2.75) is 31.8 Å². The van der Waals surface area contributed by atoms with Crippen molar-refractivity contribution in [3.63, 3.8) is 0 Å². The summed E-state index contributed by atoms with van der Waals surface area (Å²) in [5.74, 6) is 1.61. The number of rotatable bonds is 7. The number of aliphatic imine (C=N–C) groups is 1. The number of ether oxygens (including phenoxy) is 1. The summed E-state index contributed by atoms with van der Waals surface area (Å²) >= 11 is 0. The molecule has 33 heavy (non-hydrogen) atoms. The summed E-state index contributed by atoms with van der Waals surface area (Å²) in [5.41, 5.74) is 3.84. The van der Waals surface area contributed by atoms with E-state index in [-0.39, 0.29) is 18.5 Å². The second-order valence-electron chi connectivity index (χ2n) is 8.67. The Hall–Kier alpha value is -3.06. The molecule has 2 aromatic rings. The number of methoxy groups -OCH3 is 1. The molecule has 2 aliphatic rings. The summed E-state index contributed by atoms with van der Waals surface area (Å²) in [6, 6.07) is 16.9. The van der Waals surface area contributed by atoms with Crippen LogP contribution >= 0.6 is 0 Å². The van der Waals surface area contributed by atoms with Crippen LogP contribution in [-0.2, 0) is 17.8 Å². The Morgan fingerprint density at radius 1 is 1.03 bits per heavy atom. The van der Waals surface area contributed by atoms with Gasteiger partial charge in [-0.25, -0.2) is 0 Å². The Labute approximate surface area is 196 Å². The Bertz CT molecular complexity index is 953. The predicted molar refractivity (Wildman–Crippen MR) is 131 cm³/mol. The average molecular weight is 450 g/mol. The molecular formula is C26H35N5O2. The normalized spacial score (nSPS) is 17.4. The number of hydrogen-bond acceptors (Lipinski definition) is 4. The van der Waals surface area contributed by atoms with E-state index in [1.807, 2.05) is 23.1 Å². The highest BCUT2D eigenvalue weighted by Gasteiger charge is 2.24. The largest absolute Gasteiger partial charge is 0.497 e. The second kappa shape index (κ2) is 11.2. The summed E-state index contributed by atoms with van der Waals surface area (Å²) in [5, 5.41) is 6.66. The van der Waals surface area contributed by atoms with Crippen molar-refractivity contribution in [1.29, 1.82) is 0 Å². The van der Waals surface area contributed by atoms with Crippen molar-refractivity contribution in [2.24, 2.45) is 4.99 Å². The van der Waals surface area contributed by atoms with Gasteiger partial charge in [-0.3, -0.25) is 14.7 Å². The molecular weight excluding hydrogens is 414 g/mol. The molecule has 1 unspecified atom stereocenters. The Morgan fingerprint density at radius 3 is 2.45 bits per heavy atom. The zero-order chi connectivity index (χ0) is 23.0. The van der Waals surface area contributed by atoms with Gasteiger partial charge >= 0.3 is 0 Å². The standard InChI is InChI=1S/C26H35N5O2/c1-27-26(29-18-25(32)31-16-13-20-7-3-4-8-22(20)19-31)28-17-24(30-14-5-6-15-30)21-9-11-23(33-2)12-10-21/h3-4,7-12,24H,5-6,13-19H2,1-2H3,(H2,27,28,29). The second-order valence-corrected chi connectivity index (χ2v) is 8.67. The Balaban J connectivity index is 1.32. The van der Waals surface area contributed by atoms with Crippen LogP contribution in [0.2, 0.25) is 0 Å². The molecule has 7 nitrogen and oxygen atoms in total. The summed E-state index contributed by atoms with van der Waals surface area (Å²) < 4.78 is 5.32. The maximum atomic E-state index is 12.8. The van der Waals surface area contributed by atoms with E-state index in [4.69, 9.17) is 4.74 Å². The third-order valence-electron chi connectivity index (χ3n) is 6.66. The molecule has 2 aliphatic heterocycles. The van der Waals surface area contributed by atoms with Crippen LogP contribution in [0.4, 0.5) is 0 Å². The lowest BCUT2D eigenvalue weighted by Gasteiger charge is -2.30. The van der Waals surface area contributed by atoms with E-state index in [0.29, 0.717) is 12.5 Å². The van der Waals surface area contributed by atoms with Gasteiger partial charge in [0.25, 0.3) is 0 Å². The highest BCUT2D eigenvalue weighted by Crippen LogP contribution is 2.26. The van der Waals surface area contributed by atoms with Gasteiger partial charge in [-0.2, -0.15) is 0 Å². The van der Waals surface area contributed by atoms with Crippen LogP contribution in [0.3, 0.4) is 0 Å². The van der Waals surface area contributed by atoms with E-state index in [1.54, 1.807) is 14.2 Å². The zero-order valence-corrected chi connectivity index (χ0v) is 19.7. The summed E-state index contributed by atoms with van der Waals surface area (Å²) in [6.45, 7) is 4.59. The maximum absolute atomic E-state index is 12.8. The number of nitrogens with one attached hydrogen (secondary N) is 2. The number of benzene rings is 2. The quantitative estimate of drug-likeness (QED) is 0.502. The molecule has 176 valence electrons. The van der Waals surface area contributed by atoms with E-state index < -0.39 is 0 Å². The first-order valence-corrected chi connectivity index (χ1v) is 11.8. The number of hydrogen-bond donors (Lipinski definition) is 2. The lowest BCUT2D eigenvalue weighted by Crippen LogP contribution is -2.47. The van der Waals surface area contributed by atoms with Crippen LogP contribution in [-0.4, -0.2) is 68.5 Å². The highest BCUT2D eigenvalue weighted by molar-refractivity contribution is 5.86. The van der Waals surface area contributed by atoms with E-state index >= 15 is 0 Å². The molecule has 2 heterocycles. The molecule has 0 radical (unpaired) electrons. The summed E-state index contributed by atoms with van der Waals surface area (Å²) in [7, 11) is 3.43. The molecule has 1 atom stereocenters. The van der Waals surface area contributed by atoms with Gasteiger partial charge in [-0.05, 0) is 61.2 Å². The van der Waals surface area contributed by atoms with Crippen LogP contribution in [0.5, 0.6) is 5.75 Å². The predicted octanol–water partition coefficient (Wildman–Crippen LogP) is 2.58. The van der Waals surface area contributed by atoms with Crippen molar-refractivity contribution in [2.75, 3.05) is 46.9 Å². The van der Waals surface area contributed by atoms with Crippen molar-refractivity contribution in [3.8, 4) is 5.75 Å². The molecule has 1 saturated heterocycles. The molecule has 2 N–H and O–H groups in total. The monoisotopic (exact) mass is 449 g/mol. The molecule has 0 aromatic heterocycles. The van der Waals surface area contributed by atoms with Crippen LogP contribution in [0.15, 0.2) is 53.5 Å². The third-order valence-corrected chi connectivity index (χ3v) is 6.66. The lowest BCUT2D eigenvalue weighted by atomic mass is 10.00. The number of carbonyl (C=O) groups is 1. The van der Waals surface area contributed by atoms with Crippen molar-refractivity contribution in [3.05, 3.63) is 65.2 Å². The fraction of sp³-hybridized carbons (Fsp3) is 0.462. The number of amides is 1. The minimum atomic E-state index is 0.0960. The van der Waals surface area contributed by atoms with E-state index in [9.17, 15) is 4.79 Å². The molecule has 7 heteroatoms. The van der Waals surface area contributed by atoms with Gasteiger partial charge in [0.15, 0.2) is 5.96 Å². The summed E-state index contributed by atoms with van der Waals surface area (Å²) in [4.78, 5) is 21.6. The van der Waals surface area contributed by atoms with Crippen LogP contribution < -0.4 is 15.4 Å². The van der Waals surface area contributed by atoms with E-state index in [0.717, 1.165) is 38.3 Å². The first kappa shape index (κ1) is 23.1. The molecule has 0 aliphatic carbocycles. The summed E-state index contributed by atoms with van der Waals surface area (Å²) in [6.07, 6.45) is 3.37. The van der Waals surface area contributed by atoms with Gasteiger partial charge < -0.3 is 20.3 Å². The van der Waals surface area contributed by atoms with E-state index in [1.165, 1.54) is 29.5 Å². The first-order valence-electron chi connectivity index (χ1n) is 11.8. The number of nitrogens with zero attached hydrogens (tertiary/aromatic N) is 3. The van der Waals surface area contributed by atoms with Gasteiger partial charge in [0.05, 0.1) is 19.7 Å². The molecule has 1 fully saturated rings. The lowest BCUT2D eigenvalue weighted by molar-refractivity contribution is -0.130. The Kier molecular flexibility index (Phi) is 7.83. The van der Waals surface area contributed by atoms with Crippen LogP contribution in [0.25, 0.3) is 0 Å². The molecule has 1 amide bonds. The highest BCUT2D eigenvalue weighted by atomic mass is 16.5. The van der Waals surface area contributed by atoms with Crippen molar-refractivity contribution >= 4 is 11.9 Å². The fourth-order valence-electron chi connectivity index (χ4n) is 4.73. The topological polar surface area (TPSA) is 69.2 Å². The number of fused-ring (bicyclic) bond motifs is 1. The average Bonchev–Trinajstić information content (AvgIpc) is 3.40. The van der Waals surface area contributed by atoms with Gasteiger partial charge in [-0.1, -0.05) is 36.4 Å². The number of guanidine groups is 1. The van der Waals surface area contributed by atoms with Crippen LogP contribution in [0, 0.1) is 0 Å². The zero-order valence-electron chi connectivity index (χ0n) is 19.7. The number of likely N-dealkylation sites (tertiary alicyclic amines) is 1. The third kappa shape index (κ3) is 5.85. The molecule has 2 aromatic carbocycles. The van der Waals surface area contributed by atoms with Gasteiger partial charge in [0.1, 0.15) is 5.75 Å².